The number of methoxy groups -OCH3 is 1. The van der Waals surface area contributed by atoms with Crippen molar-refractivity contribution >= 4 is 55.2 Å². The number of ether oxygens (including phenoxy) is 1. The first-order chi connectivity index (χ1) is 13.6. The van der Waals surface area contributed by atoms with Crippen LogP contribution in [0.4, 0.5) is 5.13 Å². The van der Waals surface area contributed by atoms with Crippen LogP contribution in [0.1, 0.15) is 24.2 Å². The van der Waals surface area contributed by atoms with Crippen LogP contribution in [0.3, 0.4) is 0 Å². The van der Waals surface area contributed by atoms with E-state index in [-0.39, 0.29) is 5.91 Å². The molecule has 0 aliphatic heterocycles. The van der Waals surface area contributed by atoms with Crippen LogP contribution in [0.25, 0.3) is 10.2 Å². The molecule has 7 heteroatoms. The van der Waals surface area contributed by atoms with E-state index in [1.165, 1.54) is 11.3 Å². The third-order valence-corrected chi connectivity index (χ3v) is 6.69. The lowest BCUT2D eigenvalue weighted by molar-refractivity contribution is 0.0983. The van der Waals surface area contributed by atoms with Crippen molar-refractivity contribution < 1.29 is 9.53 Å². The number of halogens is 1. The van der Waals surface area contributed by atoms with Gasteiger partial charge in [0.1, 0.15) is 11.3 Å². The molecule has 0 spiro atoms. The zero-order valence-corrected chi connectivity index (χ0v) is 19.3. The Labute approximate surface area is 183 Å². The van der Waals surface area contributed by atoms with Crippen LogP contribution in [0.2, 0.25) is 0 Å². The highest BCUT2D eigenvalue weighted by Gasteiger charge is 2.24. The number of thiazole rings is 1. The van der Waals surface area contributed by atoms with Crippen LogP contribution in [0, 0.1) is 3.57 Å². The predicted octanol–water partition coefficient (Wildman–Crippen LogP) is 4.90. The number of hydrogen-bond donors (Lipinski definition) is 0. The normalized spacial score (nSPS) is 11.2. The summed E-state index contributed by atoms with van der Waals surface area (Å²) < 4.78 is 7.40. The van der Waals surface area contributed by atoms with Crippen molar-refractivity contribution in [2.75, 3.05) is 38.2 Å². The lowest BCUT2D eigenvalue weighted by Gasteiger charge is -2.25. The summed E-state index contributed by atoms with van der Waals surface area (Å²) in [7, 11) is 1.64. The molecule has 1 amide bonds. The maximum atomic E-state index is 13.4. The number of hydrogen-bond acceptors (Lipinski definition) is 5. The molecule has 0 aliphatic rings. The summed E-state index contributed by atoms with van der Waals surface area (Å²) in [5.41, 5.74) is 1.50. The van der Waals surface area contributed by atoms with Gasteiger partial charge in [0.05, 0.1) is 17.4 Å². The fourth-order valence-corrected chi connectivity index (χ4v) is 4.66. The fourth-order valence-electron chi connectivity index (χ4n) is 3.04. The second-order valence-electron chi connectivity index (χ2n) is 6.27. The average Bonchev–Trinajstić information content (AvgIpc) is 3.15. The molecule has 2 aromatic carbocycles. The summed E-state index contributed by atoms with van der Waals surface area (Å²) in [6, 6.07) is 13.5. The van der Waals surface area contributed by atoms with Gasteiger partial charge >= 0.3 is 0 Å². The zero-order valence-electron chi connectivity index (χ0n) is 16.3. The van der Waals surface area contributed by atoms with E-state index in [0.29, 0.717) is 17.2 Å². The van der Waals surface area contributed by atoms with Crippen LogP contribution < -0.4 is 9.64 Å². The lowest BCUT2D eigenvalue weighted by atomic mass is 10.2. The van der Waals surface area contributed by atoms with E-state index in [0.717, 1.165) is 39.2 Å². The maximum absolute atomic E-state index is 13.4. The van der Waals surface area contributed by atoms with Gasteiger partial charge in [-0.05, 0) is 59.9 Å². The third kappa shape index (κ3) is 4.47. The molecule has 0 N–H and O–H groups in total. The second-order valence-corrected chi connectivity index (χ2v) is 8.44. The lowest BCUT2D eigenvalue weighted by Crippen LogP contribution is -2.39. The smallest absolute Gasteiger partial charge is 0.261 e. The Kier molecular flexibility index (Phi) is 7.25. The van der Waals surface area contributed by atoms with Crippen molar-refractivity contribution in [3.63, 3.8) is 0 Å². The SMILES string of the molecule is CCN(CC)CCN(C(=O)c1ccccc1I)c1nc2c(OC)cccc2s1. The van der Waals surface area contributed by atoms with Gasteiger partial charge in [0.25, 0.3) is 5.91 Å². The van der Waals surface area contributed by atoms with Crippen molar-refractivity contribution in [1.29, 1.82) is 0 Å². The first-order valence-electron chi connectivity index (χ1n) is 9.31. The average molecular weight is 509 g/mol. The number of aromatic nitrogens is 1. The Balaban J connectivity index is 2.00. The molecule has 1 heterocycles. The summed E-state index contributed by atoms with van der Waals surface area (Å²) in [5, 5.41) is 0.705. The van der Waals surface area contributed by atoms with Crippen LogP contribution in [-0.2, 0) is 0 Å². The first-order valence-corrected chi connectivity index (χ1v) is 11.2. The minimum Gasteiger partial charge on any atom is -0.494 e. The highest BCUT2D eigenvalue weighted by Crippen LogP contribution is 2.34. The number of amides is 1. The zero-order chi connectivity index (χ0) is 20.1. The molecule has 3 rings (SSSR count). The van der Waals surface area contributed by atoms with Crippen molar-refractivity contribution in [1.82, 2.24) is 9.88 Å². The van der Waals surface area contributed by atoms with Crippen molar-refractivity contribution in [3.05, 3.63) is 51.6 Å². The third-order valence-electron chi connectivity index (χ3n) is 4.71. The van der Waals surface area contributed by atoms with Gasteiger partial charge in [-0.1, -0.05) is 43.4 Å². The molecule has 0 radical (unpaired) electrons. The highest BCUT2D eigenvalue weighted by molar-refractivity contribution is 14.1. The minimum absolute atomic E-state index is 0.0184. The van der Waals surface area contributed by atoms with E-state index in [1.807, 2.05) is 42.5 Å². The second kappa shape index (κ2) is 9.67. The Morgan fingerprint density at radius 2 is 1.86 bits per heavy atom. The largest absolute Gasteiger partial charge is 0.494 e. The van der Waals surface area contributed by atoms with Crippen LogP contribution in [-0.4, -0.2) is 49.1 Å². The number of carbonyl (C=O) groups excluding carboxylic acids is 1. The van der Waals surface area contributed by atoms with Crippen molar-refractivity contribution in [2.45, 2.75) is 13.8 Å². The Bertz CT molecular complexity index is 956. The number of benzene rings is 2. The molecule has 0 fully saturated rings. The van der Waals surface area contributed by atoms with Crippen LogP contribution >= 0.6 is 33.9 Å². The molecule has 3 aromatic rings. The van der Waals surface area contributed by atoms with Gasteiger partial charge in [-0.15, -0.1) is 0 Å². The van der Waals surface area contributed by atoms with E-state index < -0.39 is 0 Å². The quantitative estimate of drug-likeness (QED) is 0.406. The van der Waals surface area contributed by atoms with Gasteiger partial charge in [0.15, 0.2) is 5.13 Å². The molecule has 148 valence electrons. The molecule has 0 unspecified atom stereocenters. The number of nitrogens with zero attached hydrogens (tertiary/aromatic N) is 3. The topological polar surface area (TPSA) is 45.7 Å². The van der Waals surface area contributed by atoms with Gasteiger partial charge in [-0.3, -0.25) is 9.69 Å². The molecule has 28 heavy (non-hydrogen) atoms. The van der Waals surface area contributed by atoms with Crippen molar-refractivity contribution in [3.8, 4) is 5.75 Å². The molecule has 1 aromatic heterocycles. The van der Waals surface area contributed by atoms with Crippen LogP contribution in [0.15, 0.2) is 42.5 Å². The number of rotatable bonds is 8. The molecular formula is C21H24IN3O2S. The van der Waals surface area contributed by atoms with Crippen molar-refractivity contribution in [2.24, 2.45) is 0 Å². The van der Waals surface area contributed by atoms with Gasteiger partial charge in [0.2, 0.25) is 0 Å². The molecule has 0 saturated heterocycles. The van der Waals surface area contributed by atoms with E-state index >= 15 is 0 Å². The Morgan fingerprint density at radius 3 is 2.54 bits per heavy atom. The van der Waals surface area contributed by atoms with E-state index in [4.69, 9.17) is 9.72 Å². The maximum Gasteiger partial charge on any atom is 0.261 e. The standard InChI is InChI=1S/C21H24IN3O2S/c1-4-24(5-2)13-14-25(20(26)15-9-6-7-10-16(15)22)21-23-19-17(27-3)11-8-12-18(19)28-21/h6-12H,4-5,13-14H2,1-3H3. The number of anilines is 1. The summed E-state index contributed by atoms with van der Waals surface area (Å²) in [4.78, 5) is 22.3. The Morgan fingerprint density at radius 1 is 1.11 bits per heavy atom. The fraction of sp³-hybridized carbons (Fsp3) is 0.333. The van der Waals surface area contributed by atoms with E-state index in [9.17, 15) is 4.79 Å². The molecular weight excluding hydrogens is 485 g/mol. The number of para-hydroxylation sites is 1. The number of fused-ring (bicyclic) bond motifs is 1. The highest BCUT2D eigenvalue weighted by atomic mass is 127. The van der Waals surface area contributed by atoms with E-state index in [2.05, 4.69) is 41.3 Å². The summed E-state index contributed by atoms with van der Waals surface area (Å²) in [6.45, 7) is 7.57. The number of carbonyl (C=O) groups is 1. The Hall–Kier alpha value is -1.71. The minimum atomic E-state index is -0.0184. The summed E-state index contributed by atoms with van der Waals surface area (Å²) >= 11 is 3.74. The summed E-state index contributed by atoms with van der Waals surface area (Å²) in [5.74, 6) is 0.709. The molecule has 5 nitrogen and oxygen atoms in total. The van der Waals surface area contributed by atoms with Gasteiger partial charge in [-0.2, -0.15) is 0 Å². The predicted molar refractivity (Wildman–Crippen MR) is 125 cm³/mol. The van der Waals surface area contributed by atoms with Gasteiger partial charge < -0.3 is 9.64 Å². The van der Waals surface area contributed by atoms with Gasteiger partial charge in [0, 0.05) is 16.7 Å². The molecule has 0 saturated carbocycles. The van der Waals surface area contributed by atoms with E-state index in [1.54, 1.807) is 12.0 Å². The van der Waals surface area contributed by atoms with Gasteiger partial charge in [-0.25, -0.2) is 4.98 Å². The monoisotopic (exact) mass is 509 g/mol. The molecule has 0 bridgehead atoms. The number of likely N-dealkylation sites (N-methyl/N-ethyl adjacent to an activating group) is 1. The molecule has 0 aliphatic carbocycles. The first kappa shape index (κ1) is 21.0. The summed E-state index contributed by atoms with van der Waals surface area (Å²) in [6.07, 6.45) is 0. The van der Waals surface area contributed by atoms with Crippen LogP contribution in [0.5, 0.6) is 5.75 Å². The molecule has 0 atom stereocenters.